The van der Waals surface area contributed by atoms with Gasteiger partial charge in [0.1, 0.15) is 0 Å². The Balaban J connectivity index is 1.98. The fraction of sp³-hybridized carbons (Fsp3) is 0.455. The lowest BCUT2D eigenvalue weighted by atomic mass is 10.1. The third kappa shape index (κ3) is 2.26. The van der Waals surface area contributed by atoms with Crippen LogP contribution in [-0.2, 0) is 6.42 Å². The van der Waals surface area contributed by atoms with Gasteiger partial charge in [0.25, 0.3) is 0 Å². The maximum atomic E-state index is 2.44. The molecule has 1 unspecified atom stereocenters. The van der Waals surface area contributed by atoms with E-state index >= 15 is 0 Å². The standard InChI is InChI=1S/C11H15NS/c1-12-7-8-13-11(12)9-10-5-3-2-4-6-10/h2-6,11H,7-9H2,1H3. The molecular weight excluding hydrogens is 178 g/mol. The molecule has 70 valence electrons. The molecule has 0 radical (unpaired) electrons. The molecule has 1 nitrogen and oxygen atoms in total. The second kappa shape index (κ2) is 4.16. The average Bonchev–Trinajstić information content (AvgIpc) is 2.54. The van der Waals surface area contributed by atoms with Crippen LogP contribution in [0.5, 0.6) is 0 Å². The number of likely N-dealkylation sites (N-methyl/N-ethyl adjacent to an activating group) is 1. The predicted octanol–water partition coefficient (Wildman–Crippen LogP) is 2.23. The first-order valence-corrected chi connectivity index (χ1v) is 5.77. The molecule has 0 bridgehead atoms. The summed E-state index contributed by atoms with van der Waals surface area (Å²) in [6, 6.07) is 10.7. The smallest absolute Gasteiger partial charge is 0.0596 e. The van der Waals surface area contributed by atoms with Gasteiger partial charge in [0, 0.05) is 12.3 Å². The summed E-state index contributed by atoms with van der Waals surface area (Å²) in [4.78, 5) is 2.44. The molecule has 1 aliphatic rings. The third-order valence-corrected chi connectivity index (χ3v) is 3.83. The second-order valence-electron chi connectivity index (χ2n) is 3.50. The van der Waals surface area contributed by atoms with Gasteiger partial charge in [-0.25, -0.2) is 0 Å². The van der Waals surface area contributed by atoms with E-state index in [9.17, 15) is 0 Å². The molecule has 1 fully saturated rings. The molecule has 1 aliphatic heterocycles. The van der Waals surface area contributed by atoms with Crippen LogP contribution in [0.25, 0.3) is 0 Å². The van der Waals surface area contributed by atoms with E-state index in [4.69, 9.17) is 0 Å². The van der Waals surface area contributed by atoms with Gasteiger partial charge in [-0.05, 0) is 19.0 Å². The first-order valence-electron chi connectivity index (χ1n) is 4.72. The van der Waals surface area contributed by atoms with Gasteiger partial charge >= 0.3 is 0 Å². The van der Waals surface area contributed by atoms with E-state index < -0.39 is 0 Å². The van der Waals surface area contributed by atoms with E-state index in [0.29, 0.717) is 5.37 Å². The summed E-state index contributed by atoms with van der Waals surface area (Å²) >= 11 is 2.07. The minimum atomic E-state index is 0.697. The molecule has 0 aromatic heterocycles. The van der Waals surface area contributed by atoms with Crippen molar-refractivity contribution < 1.29 is 0 Å². The van der Waals surface area contributed by atoms with Crippen LogP contribution in [0.15, 0.2) is 30.3 Å². The Morgan fingerprint density at radius 2 is 2.15 bits per heavy atom. The molecule has 0 spiro atoms. The highest BCUT2D eigenvalue weighted by Crippen LogP contribution is 2.24. The van der Waals surface area contributed by atoms with Gasteiger partial charge in [0.2, 0.25) is 0 Å². The van der Waals surface area contributed by atoms with Crippen LogP contribution in [0.4, 0.5) is 0 Å². The van der Waals surface area contributed by atoms with Crippen molar-refractivity contribution in [3.8, 4) is 0 Å². The van der Waals surface area contributed by atoms with E-state index in [0.717, 1.165) is 0 Å². The minimum Gasteiger partial charge on any atom is -0.293 e. The summed E-state index contributed by atoms with van der Waals surface area (Å²) in [6.07, 6.45) is 1.18. The molecule has 2 heteroatoms. The Hall–Kier alpha value is -0.470. The number of thioether (sulfide) groups is 1. The summed E-state index contributed by atoms with van der Waals surface area (Å²) in [7, 11) is 2.22. The van der Waals surface area contributed by atoms with Crippen LogP contribution in [0.3, 0.4) is 0 Å². The summed E-state index contributed by atoms with van der Waals surface area (Å²) in [5.74, 6) is 1.29. The third-order valence-electron chi connectivity index (χ3n) is 2.50. The van der Waals surface area contributed by atoms with Gasteiger partial charge < -0.3 is 0 Å². The van der Waals surface area contributed by atoms with Crippen molar-refractivity contribution in [1.82, 2.24) is 4.90 Å². The summed E-state index contributed by atoms with van der Waals surface area (Å²) < 4.78 is 0. The van der Waals surface area contributed by atoms with Crippen molar-refractivity contribution in [1.29, 1.82) is 0 Å². The molecule has 1 aromatic carbocycles. The molecule has 13 heavy (non-hydrogen) atoms. The molecular formula is C11H15NS. The number of hydrogen-bond donors (Lipinski definition) is 0. The van der Waals surface area contributed by atoms with Gasteiger partial charge in [-0.15, -0.1) is 11.8 Å². The molecule has 2 rings (SSSR count). The van der Waals surface area contributed by atoms with Gasteiger partial charge in [-0.2, -0.15) is 0 Å². The van der Waals surface area contributed by atoms with E-state index in [1.54, 1.807) is 0 Å². The Bertz CT molecular complexity index is 260. The lowest BCUT2D eigenvalue weighted by Crippen LogP contribution is -2.25. The summed E-state index contributed by atoms with van der Waals surface area (Å²) in [5.41, 5.74) is 1.45. The fourth-order valence-corrected chi connectivity index (χ4v) is 2.97. The maximum Gasteiger partial charge on any atom is 0.0596 e. The van der Waals surface area contributed by atoms with Crippen LogP contribution in [0.2, 0.25) is 0 Å². The van der Waals surface area contributed by atoms with Crippen LogP contribution < -0.4 is 0 Å². The van der Waals surface area contributed by atoms with Crippen molar-refractivity contribution >= 4 is 11.8 Å². The molecule has 1 heterocycles. The molecule has 1 aromatic rings. The van der Waals surface area contributed by atoms with Crippen LogP contribution in [0, 0.1) is 0 Å². The molecule has 1 saturated heterocycles. The zero-order chi connectivity index (χ0) is 9.10. The number of nitrogens with zero attached hydrogens (tertiary/aromatic N) is 1. The van der Waals surface area contributed by atoms with Crippen molar-refractivity contribution in [2.24, 2.45) is 0 Å². The second-order valence-corrected chi connectivity index (χ2v) is 4.78. The van der Waals surface area contributed by atoms with Crippen molar-refractivity contribution in [3.63, 3.8) is 0 Å². The van der Waals surface area contributed by atoms with Crippen LogP contribution >= 0.6 is 11.8 Å². The molecule has 0 amide bonds. The van der Waals surface area contributed by atoms with Crippen molar-refractivity contribution in [3.05, 3.63) is 35.9 Å². The van der Waals surface area contributed by atoms with Gasteiger partial charge in [0.15, 0.2) is 0 Å². The Morgan fingerprint density at radius 1 is 1.38 bits per heavy atom. The molecule has 0 N–H and O–H groups in total. The highest BCUT2D eigenvalue weighted by atomic mass is 32.2. The van der Waals surface area contributed by atoms with E-state index in [2.05, 4.69) is 54.0 Å². The largest absolute Gasteiger partial charge is 0.293 e. The van der Waals surface area contributed by atoms with Crippen LogP contribution in [0.1, 0.15) is 5.56 Å². The normalized spacial score (nSPS) is 23.6. The summed E-state index contributed by atoms with van der Waals surface area (Å²) in [6.45, 7) is 1.24. The Morgan fingerprint density at radius 3 is 2.77 bits per heavy atom. The molecule has 0 aliphatic carbocycles. The van der Waals surface area contributed by atoms with E-state index in [-0.39, 0.29) is 0 Å². The zero-order valence-corrected chi connectivity index (χ0v) is 8.76. The Kier molecular flexibility index (Phi) is 2.91. The Labute approximate surface area is 84.1 Å². The minimum absolute atomic E-state index is 0.697. The maximum absolute atomic E-state index is 2.44. The summed E-state index contributed by atoms with van der Waals surface area (Å²) in [5, 5.41) is 0.697. The van der Waals surface area contributed by atoms with Crippen LogP contribution in [-0.4, -0.2) is 29.6 Å². The number of benzene rings is 1. The highest BCUT2D eigenvalue weighted by Gasteiger charge is 2.21. The van der Waals surface area contributed by atoms with Gasteiger partial charge in [-0.1, -0.05) is 30.3 Å². The van der Waals surface area contributed by atoms with E-state index in [1.165, 1.54) is 24.3 Å². The number of rotatable bonds is 2. The lowest BCUT2D eigenvalue weighted by molar-refractivity contribution is 0.351. The van der Waals surface area contributed by atoms with Gasteiger partial charge in [0.05, 0.1) is 5.37 Å². The number of hydrogen-bond acceptors (Lipinski definition) is 2. The molecule has 0 saturated carbocycles. The topological polar surface area (TPSA) is 3.24 Å². The van der Waals surface area contributed by atoms with Gasteiger partial charge in [-0.3, -0.25) is 4.90 Å². The van der Waals surface area contributed by atoms with Crippen molar-refractivity contribution in [2.75, 3.05) is 19.3 Å². The molecule has 1 atom stereocenters. The first kappa shape index (κ1) is 9.10. The van der Waals surface area contributed by atoms with Crippen molar-refractivity contribution in [2.45, 2.75) is 11.8 Å². The fourth-order valence-electron chi connectivity index (χ4n) is 1.63. The first-order chi connectivity index (χ1) is 6.36. The SMILES string of the molecule is CN1CCSC1Cc1ccccc1. The highest BCUT2D eigenvalue weighted by molar-refractivity contribution is 8.00. The zero-order valence-electron chi connectivity index (χ0n) is 7.94. The lowest BCUT2D eigenvalue weighted by Gasteiger charge is -2.17. The monoisotopic (exact) mass is 193 g/mol. The van der Waals surface area contributed by atoms with E-state index in [1.807, 2.05) is 0 Å². The predicted molar refractivity (Wildman–Crippen MR) is 59.0 cm³/mol. The quantitative estimate of drug-likeness (QED) is 0.708. The average molecular weight is 193 g/mol.